The summed E-state index contributed by atoms with van der Waals surface area (Å²) in [5.41, 5.74) is 0. The van der Waals surface area contributed by atoms with Crippen LogP contribution in [0.5, 0.6) is 5.75 Å². The van der Waals surface area contributed by atoms with Gasteiger partial charge in [0, 0.05) is 32.0 Å². The Kier molecular flexibility index (Phi) is 9.08. The molecule has 28 heavy (non-hydrogen) atoms. The molecular weight excluding hydrogens is 465 g/mol. The second-order valence-electron chi connectivity index (χ2n) is 7.23. The molecule has 3 atom stereocenters. The van der Waals surface area contributed by atoms with Crippen LogP contribution >= 0.6 is 24.0 Å². The van der Waals surface area contributed by atoms with Crippen LogP contribution in [0.15, 0.2) is 54.0 Å². The van der Waals surface area contributed by atoms with E-state index in [0.29, 0.717) is 18.5 Å². The number of hydrogen-bond acceptors (Lipinski definition) is 3. The van der Waals surface area contributed by atoms with Crippen LogP contribution in [0.3, 0.4) is 0 Å². The number of piperidine rings is 1. The van der Waals surface area contributed by atoms with Crippen molar-refractivity contribution in [3.63, 3.8) is 0 Å². The summed E-state index contributed by atoms with van der Waals surface area (Å²) in [7, 11) is 0. The average molecular weight is 497 g/mol. The Labute approximate surface area is 185 Å². The first-order valence-corrected chi connectivity index (χ1v) is 9.89. The van der Waals surface area contributed by atoms with Crippen molar-refractivity contribution in [3.05, 3.63) is 49.1 Å². The lowest BCUT2D eigenvalue weighted by atomic mass is 9.93. The van der Waals surface area contributed by atoms with Gasteiger partial charge in [-0.3, -0.25) is 0 Å². The Morgan fingerprint density at radius 3 is 2.82 bits per heavy atom. The molecule has 7 heteroatoms. The third-order valence-corrected chi connectivity index (χ3v) is 5.04. The predicted octanol–water partition coefficient (Wildman–Crippen LogP) is 3.82. The van der Waals surface area contributed by atoms with E-state index in [1.807, 2.05) is 42.9 Å². The molecule has 1 aliphatic rings. The van der Waals surface area contributed by atoms with Crippen LogP contribution in [-0.4, -0.2) is 52.7 Å². The van der Waals surface area contributed by atoms with Crippen molar-refractivity contribution in [2.45, 2.75) is 39.3 Å². The number of nitrogens with one attached hydrogen (secondary N) is 1. The highest BCUT2D eigenvalue weighted by atomic mass is 127. The minimum Gasteiger partial charge on any atom is -0.489 e. The van der Waals surface area contributed by atoms with Gasteiger partial charge in [-0.2, -0.15) is 0 Å². The van der Waals surface area contributed by atoms with Gasteiger partial charge in [-0.05, 0) is 38.3 Å². The number of guanidine groups is 1. The van der Waals surface area contributed by atoms with Crippen LogP contribution in [0, 0.1) is 5.92 Å². The first kappa shape index (κ1) is 22.5. The number of aromatic nitrogens is 2. The van der Waals surface area contributed by atoms with E-state index < -0.39 is 0 Å². The summed E-state index contributed by atoms with van der Waals surface area (Å²) >= 11 is 0. The Hall–Kier alpha value is -1.77. The Balaban J connectivity index is 0.00000280. The zero-order valence-corrected chi connectivity index (χ0v) is 19.3. The van der Waals surface area contributed by atoms with Gasteiger partial charge in [-0.25, -0.2) is 9.98 Å². The maximum absolute atomic E-state index is 5.96. The van der Waals surface area contributed by atoms with E-state index >= 15 is 0 Å². The number of likely N-dealkylation sites (tertiary alicyclic amines) is 1. The van der Waals surface area contributed by atoms with Gasteiger partial charge in [-0.1, -0.05) is 25.1 Å². The van der Waals surface area contributed by atoms with Gasteiger partial charge >= 0.3 is 0 Å². The summed E-state index contributed by atoms with van der Waals surface area (Å²) in [6.07, 6.45) is 7.00. The van der Waals surface area contributed by atoms with E-state index in [9.17, 15) is 0 Å². The summed E-state index contributed by atoms with van der Waals surface area (Å²) in [5, 5.41) is 3.45. The molecule has 1 fully saturated rings. The van der Waals surface area contributed by atoms with Crippen molar-refractivity contribution >= 4 is 29.9 Å². The molecule has 1 N–H and O–H groups in total. The lowest BCUT2D eigenvalue weighted by Crippen LogP contribution is -2.49. The number of aliphatic imine (C=N–C) groups is 1. The van der Waals surface area contributed by atoms with Crippen molar-refractivity contribution in [1.82, 2.24) is 19.8 Å². The SMILES string of the molecule is CCNC(=NCC(C)Oc1ccccc1)N1CCC(C)C(n2ccnc2)C1.I. The molecule has 154 valence electrons. The first-order chi connectivity index (χ1) is 13.2. The van der Waals surface area contributed by atoms with Crippen molar-refractivity contribution in [2.75, 3.05) is 26.2 Å². The maximum Gasteiger partial charge on any atom is 0.194 e. The van der Waals surface area contributed by atoms with Crippen LogP contribution in [0.2, 0.25) is 0 Å². The number of halogens is 1. The summed E-state index contributed by atoms with van der Waals surface area (Å²) in [6.45, 7) is 9.94. The van der Waals surface area contributed by atoms with Gasteiger partial charge in [0.05, 0.1) is 18.9 Å². The smallest absolute Gasteiger partial charge is 0.194 e. The molecule has 1 aromatic carbocycles. The molecule has 2 heterocycles. The minimum absolute atomic E-state index is 0. The number of para-hydroxylation sites is 1. The van der Waals surface area contributed by atoms with Gasteiger partial charge in [0.15, 0.2) is 5.96 Å². The fourth-order valence-corrected chi connectivity index (χ4v) is 3.50. The van der Waals surface area contributed by atoms with Gasteiger partial charge in [-0.15, -0.1) is 24.0 Å². The largest absolute Gasteiger partial charge is 0.489 e. The van der Waals surface area contributed by atoms with Gasteiger partial charge in [0.25, 0.3) is 0 Å². The third-order valence-electron chi connectivity index (χ3n) is 5.04. The number of nitrogens with zero attached hydrogens (tertiary/aromatic N) is 4. The molecule has 0 spiro atoms. The van der Waals surface area contributed by atoms with Crippen LogP contribution < -0.4 is 10.1 Å². The molecule has 0 radical (unpaired) electrons. The third kappa shape index (κ3) is 6.12. The van der Waals surface area contributed by atoms with Crippen LogP contribution in [0.25, 0.3) is 0 Å². The summed E-state index contributed by atoms with van der Waals surface area (Å²) in [6, 6.07) is 10.3. The van der Waals surface area contributed by atoms with E-state index in [4.69, 9.17) is 9.73 Å². The fraction of sp³-hybridized carbons (Fsp3) is 0.524. The molecule has 1 saturated heterocycles. The maximum atomic E-state index is 5.96. The summed E-state index contributed by atoms with van der Waals surface area (Å²) in [5.74, 6) is 2.48. The summed E-state index contributed by atoms with van der Waals surface area (Å²) < 4.78 is 8.19. The average Bonchev–Trinajstić information content (AvgIpc) is 3.21. The Bertz CT molecular complexity index is 707. The molecule has 3 rings (SSSR count). The minimum atomic E-state index is 0. The first-order valence-electron chi connectivity index (χ1n) is 9.89. The number of imidazole rings is 1. The molecule has 0 bridgehead atoms. The highest BCUT2D eigenvalue weighted by Crippen LogP contribution is 2.27. The standard InChI is InChI=1S/C21H31N5O.HI/c1-4-23-21(24-14-18(3)27-19-8-6-5-7-9-19)25-12-10-17(2)20(15-25)26-13-11-22-16-26;/h5-9,11,13,16-18,20H,4,10,12,14-15H2,1-3H3,(H,23,24);1H. The highest BCUT2D eigenvalue weighted by molar-refractivity contribution is 14.0. The molecule has 3 unspecified atom stereocenters. The van der Waals surface area contributed by atoms with E-state index in [1.165, 1.54) is 0 Å². The molecule has 0 amide bonds. The molecule has 0 saturated carbocycles. The molecule has 1 aromatic heterocycles. The van der Waals surface area contributed by atoms with E-state index in [1.54, 1.807) is 0 Å². The molecule has 1 aliphatic heterocycles. The molecule has 2 aromatic rings. The Morgan fingerprint density at radius 1 is 1.36 bits per heavy atom. The second kappa shape index (κ2) is 11.3. The van der Waals surface area contributed by atoms with Gasteiger partial charge in [0.2, 0.25) is 0 Å². The zero-order chi connectivity index (χ0) is 19.1. The van der Waals surface area contributed by atoms with Crippen molar-refractivity contribution < 1.29 is 4.74 Å². The second-order valence-corrected chi connectivity index (χ2v) is 7.23. The molecule has 6 nitrogen and oxygen atoms in total. The lowest BCUT2D eigenvalue weighted by molar-refractivity contribution is 0.187. The zero-order valence-electron chi connectivity index (χ0n) is 17.0. The van der Waals surface area contributed by atoms with E-state index in [2.05, 4.69) is 46.7 Å². The normalized spacial score (nSPS) is 21.0. The predicted molar refractivity (Wildman–Crippen MR) is 125 cm³/mol. The van der Waals surface area contributed by atoms with Crippen molar-refractivity contribution in [2.24, 2.45) is 10.9 Å². The van der Waals surface area contributed by atoms with Gasteiger partial charge in [0.1, 0.15) is 11.9 Å². The van der Waals surface area contributed by atoms with Crippen LogP contribution in [0.4, 0.5) is 0 Å². The van der Waals surface area contributed by atoms with Crippen molar-refractivity contribution in [3.8, 4) is 5.75 Å². The van der Waals surface area contributed by atoms with E-state index in [0.717, 1.165) is 37.8 Å². The van der Waals surface area contributed by atoms with Crippen LogP contribution in [0.1, 0.15) is 33.2 Å². The number of rotatable bonds is 6. The monoisotopic (exact) mass is 497 g/mol. The number of benzene rings is 1. The molecular formula is C21H32IN5O. The Morgan fingerprint density at radius 2 is 2.14 bits per heavy atom. The molecule has 0 aliphatic carbocycles. The summed E-state index contributed by atoms with van der Waals surface area (Å²) in [4.78, 5) is 11.4. The van der Waals surface area contributed by atoms with E-state index in [-0.39, 0.29) is 30.1 Å². The van der Waals surface area contributed by atoms with Gasteiger partial charge < -0.3 is 19.5 Å². The lowest BCUT2D eigenvalue weighted by Gasteiger charge is -2.39. The highest BCUT2D eigenvalue weighted by Gasteiger charge is 2.28. The fourth-order valence-electron chi connectivity index (χ4n) is 3.50. The number of hydrogen-bond donors (Lipinski definition) is 1. The quantitative estimate of drug-likeness (QED) is 0.375. The number of ether oxygens (including phenoxy) is 1. The topological polar surface area (TPSA) is 54.7 Å². The van der Waals surface area contributed by atoms with Crippen LogP contribution in [-0.2, 0) is 0 Å². The van der Waals surface area contributed by atoms with Crippen molar-refractivity contribution in [1.29, 1.82) is 0 Å².